The number of unbranched alkanes of at least 4 members (excludes halogenated alkanes) is 60. The van der Waals surface area contributed by atoms with Crippen LogP contribution in [0.2, 0.25) is 0 Å². The van der Waals surface area contributed by atoms with Crippen LogP contribution >= 0.6 is 0 Å². The van der Waals surface area contributed by atoms with Crippen LogP contribution < -0.4 is 0 Å². The maximum absolute atomic E-state index is 6.83. The van der Waals surface area contributed by atoms with Crippen LogP contribution in [0.5, 0.6) is 0 Å². The van der Waals surface area contributed by atoms with E-state index in [-0.39, 0.29) is 0 Å². The first-order valence-corrected chi connectivity index (χ1v) is 38.7. The first-order chi connectivity index (χ1) is 38.2. The molecular weight excluding hydrogens is 981 g/mol. The normalized spacial score (nSPS) is 12.2. The van der Waals surface area contributed by atoms with Crippen molar-refractivity contribution in [2.75, 3.05) is 26.4 Å². The molecule has 0 atom stereocenters. The minimum Gasteiger partial charge on any atom is -0.0654 e. The molecule has 77 heavy (non-hydrogen) atoms. The molecule has 4 nitrogen and oxygen atoms in total. The van der Waals surface area contributed by atoms with Crippen LogP contribution in [0, 0.1) is 0 Å². The summed E-state index contributed by atoms with van der Waals surface area (Å²) in [5.74, 6) is 0. The van der Waals surface area contributed by atoms with Gasteiger partial charge in [0.2, 0.25) is 0 Å². The Bertz CT molecular complexity index is 851. The molecule has 0 aliphatic heterocycles. The van der Waals surface area contributed by atoms with Crippen molar-refractivity contribution >= 4 is 0 Å². The molecule has 0 saturated heterocycles. The van der Waals surface area contributed by atoms with Crippen molar-refractivity contribution in [2.24, 2.45) is 0 Å². The fourth-order valence-electron chi connectivity index (χ4n) is 11.4. The monoisotopic (exact) mass is 1130 g/mol. The molecule has 0 rings (SSSR count). The molecule has 0 saturated carbocycles. The predicted octanol–water partition coefficient (Wildman–Crippen LogP) is 26.9. The van der Waals surface area contributed by atoms with Crippen LogP contribution in [0.15, 0.2) is 0 Å². The number of rotatable bonds is 72. The molecule has 466 valence electrons. The SMILES string of the molecule is CCCCCCCCCCCCCCCCCC[O][Cr]([O]CCCCCCCCCCCCCCCCCC)([O]CCCCCCCCCCCCCCCCCC)[O]CCCCCCCCCCCCCCCCCC. The fourth-order valence-corrected chi connectivity index (χ4v) is 14.1. The first kappa shape index (κ1) is 77.4. The second-order valence-corrected chi connectivity index (χ2v) is 27.7. The Hall–Kier alpha value is 0.372. The van der Waals surface area contributed by atoms with Crippen molar-refractivity contribution in [1.29, 1.82) is 0 Å². The van der Waals surface area contributed by atoms with Crippen LogP contribution in [0.4, 0.5) is 0 Å². The quantitative estimate of drug-likeness (QED) is 0.0569. The fraction of sp³-hybridized carbons (Fsp3) is 1.00. The zero-order valence-electron chi connectivity index (χ0n) is 54.1. The topological polar surface area (TPSA) is 36.9 Å². The minimum atomic E-state index is -3.47. The predicted molar refractivity (Wildman–Crippen MR) is 342 cm³/mol. The van der Waals surface area contributed by atoms with Crippen LogP contribution in [-0.2, 0) is 29.6 Å². The van der Waals surface area contributed by atoms with Crippen molar-refractivity contribution in [2.45, 2.75) is 439 Å². The molecular formula is C72H148CrO4. The van der Waals surface area contributed by atoms with E-state index in [9.17, 15) is 0 Å². The van der Waals surface area contributed by atoms with Crippen LogP contribution in [0.1, 0.15) is 439 Å². The molecule has 0 aromatic rings. The standard InChI is InChI=1S/4C18H37O.Cr/c4*1-2-3-4-5-6-7-8-9-10-11-12-13-14-15-16-17-18-19;/h4*2-18H2,1H3;/q4*-1;+4. The summed E-state index contributed by atoms with van der Waals surface area (Å²) in [6.45, 7) is 12.1. The smallest absolute Gasteiger partial charge is 0.0654 e. The van der Waals surface area contributed by atoms with Crippen LogP contribution in [-0.4, -0.2) is 26.4 Å². The van der Waals surface area contributed by atoms with Gasteiger partial charge in [-0.15, -0.1) is 0 Å². The molecule has 0 N–H and O–H groups in total. The average molecular weight is 1130 g/mol. The Morgan fingerprint density at radius 3 is 0.325 bits per heavy atom. The summed E-state index contributed by atoms with van der Waals surface area (Å²) < 4.78 is 27.3. The maximum atomic E-state index is 6.83. The van der Waals surface area contributed by atoms with Crippen molar-refractivity contribution in [3.63, 3.8) is 0 Å². The molecule has 0 bridgehead atoms. The summed E-state index contributed by atoms with van der Waals surface area (Å²) >= 11 is -3.47. The summed E-state index contributed by atoms with van der Waals surface area (Å²) in [5.41, 5.74) is 0. The summed E-state index contributed by atoms with van der Waals surface area (Å²) in [4.78, 5) is 0. The van der Waals surface area contributed by atoms with E-state index in [4.69, 9.17) is 15.2 Å². The van der Waals surface area contributed by atoms with Gasteiger partial charge >= 0.3 is 313 Å². The van der Waals surface area contributed by atoms with E-state index < -0.39 is 14.4 Å². The van der Waals surface area contributed by atoms with E-state index in [2.05, 4.69) is 27.7 Å². The van der Waals surface area contributed by atoms with Gasteiger partial charge in [-0.05, 0) is 0 Å². The number of hydrogen-bond donors (Lipinski definition) is 0. The summed E-state index contributed by atoms with van der Waals surface area (Å²) in [5, 5.41) is 0. The second kappa shape index (κ2) is 70.6. The molecule has 0 heterocycles. The van der Waals surface area contributed by atoms with Crippen molar-refractivity contribution in [3.05, 3.63) is 0 Å². The summed E-state index contributed by atoms with van der Waals surface area (Å²) in [6, 6.07) is 0. The van der Waals surface area contributed by atoms with E-state index in [1.54, 1.807) is 0 Å². The van der Waals surface area contributed by atoms with E-state index in [1.165, 1.54) is 385 Å². The van der Waals surface area contributed by atoms with Gasteiger partial charge in [-0.25, -0.2) is 0 Å². The van der Waals surface area contributed by atoms with Gasteiger partial charge in [0.05, 0.1) is 0 Å². The molecule has 0 spiro atoms. The molecule has 0 fully saturated rings. The van der Waals surface area contributed by atoms with E-state index >= 15 is 0 Å². The second-order valence-electron chi connectivity index (χ2n) is 24.9. The third-order valence-electron chi connectivity index (χ3n) is 16.9. The summed E-state index contributed by atoms with van der Waals surface area (Å²) in [7, 11) is 0. The van der Waals surface area contributed by atoms with E-state index in [0.29, 0.717) is 0 Å². The van der Waals surface area contributed by atoms with Gasteiger partial charge in [0, 0.05) is 0 Å². The van der Waals surface area contributed by atoms with E-state index in [1.807, 2.05) is 0 Å². The van der Waals surface area contributed by atoms with Crippen LogP contribution in [0.3, 0.4) is 0 Å². The molecule has 5 heteroatoms. The molecule has 0 aliphatic carbocycles. The third kappa shape index (κ3) is 65.4. The van der Waals surface area contributed by atoms with Gasteiger partial charge in [0.15, 0.2) is 0 Å². The Morgan fingerprint density at radius 2 is 0.221 bits per heavy atom. The number of hydrogen-bond acceptors (Lipinski definition) is 4. The van der Waals surface area contributed by atoms with Crippen molar-refractivity contribution in [3.8, 4) is 0 Å². The van der Waals surface area contributed by atoms with Gasteiger partial charge in [0.25, 0.3) is 0 Å². The Morgan fingerprint density at radius 1 is 0.130 bits per heavy atom. The van der Waals surface area contributed by atoms with Gasteiger partial charge in [-0.1, -0.05) is 182 Å². The first-order valence-electron chi connectivity index (χ1n) is 36.6. The molecule has 0 aliphatic rings. The van der Waals surface area contributed by atoms with Gasteiger partial charge in [-0.2, -0.15) is 0 Å². The van der Waals surface area contributed by atoms with Crippen molar-refractivity contribution in [1.82, 2.24) is 0 Å². The summed E-state index contributed by atoms with van der Waals surface area (Å²) in [6.07, 6.45) is 88.7. The molecule has 0 amide bonds. The van der Waals surface area contributed by atoms with Crippen LogP contribution in [0.25, 0.3) is 0 Å². The third-order valence-corrected chi connectivity index (χ3v) is 19.7. The molecule has 0 unspecified atom stereocenters. The van der Waals surface area contributed by atoms with Gasteiger partial charge in [0.1, 0.15) is 0 Å². The van der Waals surface area contributed by atoms with E-state index in [0.717, 1.165) is 52.1 Å². The van der Waals surface area contributed by atoms with Gasteiger partial charge < -0.3 is 0 Å². The van der Waals surface area contributed by atoms with Crippen molar-refractivity contribution < 1.29 is 29.6 Å². The Balaban J connectivity index is 4.97. The molecule has 0 aromatic heterocycles. The van der Waals surface area contributed by atoms with Gasteiger partial charge in [-0.3, -0.25) is 0 Å². The minimum absolute atomic E-state index is 0.718. The Labute approximate surface area is 491 Å². The molecule has 0 radical (unpaired) electrons. The zero-order chi connectivity index (χ0) is 55.4. The average Bonchev–Trinajstić information content (AvgIpc) is 3.44. The molecule has 0 aromatic carbocycles. The Kier molecular flexibility index (Phi) is 71.0. The zero-order valence-corrected chi connectivity index (χ0v) is 55.4.